The van der Waals surface area contributed by atoms with Crippen LogP contribution in [0.2, 0.25) is 0 Å². The van der Waals surface area contributed by atoms with Crippen LogP contribution in [0.1, 0.15) is 51.1 Å². The molecule has 0 bridgehead atoms. The molecule has 0 aliphatic rings. The number of aryl methyl sites for hydroxylation is 3. The number of amides is 1. The van der Waals surface area contributed by atoms with Crippen molar-refractivity contribution in [2.24, 2.45) is 0 Å². The van der Waals surface area contributed by atoms with Gasteiger partial charge in [0.1, 0.15) is 5.76 Å². The van der Waals surface area contributed by atoms with Gasteiger partial charge < -0.3 is 9.32 Å². The standard InChI is InChI=1S/C23H26N2O2/c1-5-25(15-19-8-10-24-11-9-19)23(26)22-7-6-20(27-22)14-21-17(3)12-16(2)13-18(21)4/h6-13H,5,14-15H2,1-4H3. The van der Waals surface area contributed by atoms with Gasteiger partial charge in [-0.2, -0.15) is 0 Å². The number of benzene rings is 1. The first-order valence-corrected chi connectivity index (χ1v) is 9.31. The van der Waals surface area contributed by atoms with E-state index in [0.29, 0.717) is 25.3 Å². The second-order valence-electron chi connectivity index (χ2n) is 6.99. The lowest BCUT2D eigenvalue weighted by Gasteiger charge is -2.19. The molecular weight excluding hydrogens is 336 g/mol. The molecule has 140 valence electrons. The molecule has 0 N–H and O–H groups in total. The molecular formula is C23H26N2O2. The van der Waals surface area contributed by atoms with Gasteiger partial charge in [0, 0.05) is 31.9 Å². The Balaban J connectivity index is 1.75. The van der Waals surface area contributed by atoms with E-state index in [0.717, 1.165) is 11.3 Å². The monoisotopic (exact) mass is 362 g/mol. The Kier molecular flexibility index (Phi) is 5.75. The molecule has 2 heterocycles. The topological polar surface area (TPSA) is 46.3 Å². The van der Waals surface area contributed by atoms with Gasteiger partial charge >= 0.3 is 0 Å². The van der Waals surface area contributed by atoms with E-state index in [-0.39, 0.29) is 5.91 Å². The maximum absolute atomic E-state index is 12.8. The molecule has 1 amide bonds. The van der Waals surface area contributed by atoms with Crippen molar-refractivity contribution < 1.29 is 9.21 Å². The highest BCUT2D eigenvalue weighted by Gasteiger charge is 2.19. The highest BCUT2D eigenvalue weighted by atomic mass is 16.4. The zero-order valence-electron chi connectivity index (χ0n) is 16.5. The van der Waals surface area contributed by atoms with Gasteiger partial charge in [0.25, 0.3) is 5.91 Å². The van der Waals surface area contributed by atoms with Gasteiger partial charge in [0.2, 0.25) is 0 Å². The molecule has 0 saturated carbocycles. The molecule has 3 rings (SSSR count). The molecule has 2 aromatic heterocycles. The van der Waals surface area contributed by atoms with Crippen molar-refractivity contribution in [3.05, 3.63) is 88.1 Å². The van der Waals surface area contributed by atoms with Crippen LogP contribution in [0, 0.1) is 20.8 Å². The van der Waals surface area contributed by atoms with Gasteiger partial charge in [-0.15, -0.1) is 0 Å². The van der Waals surface area contributed by atoms with Crippen LogP contribution in [-0.4, -0.2) is 22.3 Å². The first-order valence-electron chi connectivity index (χ1n) is 9.31. The molecule has 3 aromatic rings. The molecule has 0 radical (unpaired) electrons. The number of aromatic nitrogens is 1. The molecule has 0 aliphatic heterocycles. The summed E-state index contributed by atoms with van der Waals surface area (Å²) in [6, 6.07) is 11.9. The zero-order valence-corrected chi connectivity index (χ0v) is 16.5. The molecule has 4 heteroatoms. The third kappa shape index (κ3) is 4.45. The smallest absolute Gasteiger partial charge is 0.289 e. The maximum atomic E-state index is 12.8. The Morgan fingerprint density at radius 1 is 1.04 bits per heavy atom. The number of carbonyl (C=O) groups excluding carboxylic acids is 1. The van der Waals surface area contributed by atoms with Crippen LogP contribution in [0.25, 0.3) is 0 Å². The van der Waals surface area contributed by atoms with Gasteiger partial charge in [0.15, 0.2) is 5.76 Å². The minimum Gasteiger partial charge on any atom is -0.456 e. The molecule has 0 spiro atoms. The number of nitrogens with zero attached hydrogens (tertiary/aromatic N) is 2. The summed E-state index contributed by atoms with van der Waals surface area (Å²) in [5, 5.41) is 0. The third-order valence-electron chi connectivity index (χ3n) is 4.86. The minimum absolute atomic E-state index is 0.0853. The van der Waals surface area contributed by atoms with Crippen molar-refractivity contribution in [1.82, 2.24) is 9.88 Å². The lowest BCUT2D eigenvalue weighted by Crippen LogP contribution is -2.30. The molecule has 0 atom stereocenters. The average molecular weight is 362 g/mol. The fraction of sp³-hybridized carbons (Fsp3) is 0.304. The minimum atomic E-state index is -0.0853. The summed E-state index contributed by atoms with van der Waals surface area (Å²) in [6.45, 7) is 9.49. The normalized spacial score (nSPS) is 10.8. The fourth-order valence-corrected chi connectivity index (χ4v) is 3.44. The third-order valence-corrected chi connectivity index (χ3v) is 4.86. The molecule has 0 saturated heterocycles. The summed E-state index contributed by atoms with van der Waals surface area (Å²) in [6.07, 6.45) is 4.18. The fourth-order valence-electron chi connectivity index (χ4n) is 3.44. The average Bonchev–Trinajstić information content (AvgIpc) is 3.11. The molecule has 4 nitrogen and oxygen atoms in total. The van der Waals surface area contributed by atoms with E-state index < -0.39 is 0 Å². The molecule has 0 aliphatic carbocycles. The van der Waals surface area contributed by atoms with Crippen molar-refractivity contribution in [1.29, 1.82) is 0 Å². The van der Waals surface area contributed by atoms with Gasteiger partial charge in [-0.25, -0.2) is 0 Å². The molecule has 27 heavy (non-hydrogen) atoms. The first-order chi connectivity index (χ1) is 13.0. The van der Waals surface area contributed by atoms with Crippen LogP contribution in [0.15, 0.2) is 53.2 Å². The Labute approximate surface area is 160 Å². The van der Waals surface area contributed by atoms with E-state index in [4.69, 9.17) is 4.42 Å². The SMILES string of the molecule is CCN(Cc1ccncc1)C(=O)c1ccc(Cc2c(C)cc(C)cc2C)o1. The van der Waals surface area contributed by atoms with E-state index in [9.17, 15) is 4.79 Å². The summed E-state index contributed by atoms with van der Waals surface area (Å²) in [5.41, 5.74) is 6.09. The Morgan fingerprint density at radius 3 is 2.33 bits per heavy atom. The molecule has 1 aromatic carbocycles. The van der Waals surface area contributed by atoms with E-state index in [1.165, 1.54) is 22.3 Å². The molecule has 0 unspecified atom stereocenters. The summed E-state index contributed by atoms with van der Waals surface area (Å²) < 4.78 is 5.91. The number of furan rings is 1. The van der Waals surface area contributed by atoms with Crippen LogP contribution < -0.4 is 0 Å². The second-order valence-corrected chi connectivity index (χ2v) is 6.99. The van der Waals surface area contributed by atoms with E-state index in [1.807, 2.05) is 25.1 Å². The summed E-state index contributed by atoms with van der Waals surface area (Å²) in [4.78, 5) is 18.6. The predicted octanol–water partition coefficient (Wildman–Crippen LogP) is 4.85. The Hall–Kier alpha value is -2.88. The van der Waals surface area contributed by atoms with E-state index in [2.05, 4.69) is 37.9 Å². The quantitative estimate of drug-likeness (QED) is 0.629. The van der Waals surface area contributed by atoms with Gasteiger partial charge in [-0.1, -0.05) is 17.7 Å². The van der Waals surface area contributed by atoms with Crippen LogP contribution in [0.4, 0.5) is 0 Å². The van der Waals surface area contributed by atoms with Crippen molar-refractivity contribution in [3.8, 4) is 0 Å². The van der Waals surface area contributed by atoms with Gasteiger partial charge in [-0.05, 0) is 74.2 Å². The van der Waals surface area contributed by atoms with E-state index in [1.54, 1.807) is 23.4 Å². The highest BCUT2D eigenvalue weighted by molar-refractivity contribution is 5.91. The summed E-state index contributed by atoms with van der Waals surface area (Å²) >= 11 is 0. The van der Waals surface area contributed by atoms with Crippen molar-refractivity contribution >= 4 is 5.91 Å². The number of carbonyl (C=O) groups is 1. The largest absolute Gasteiger partial charge is 0.456 e. The van der Waals surface area contributed by atoms with Crippen LogP contribution in [-0.2, 0) is 13.0 Å². The van der Waals surface area contributed by atoms with Crippen LogP contribution in [0.5, 0.6) is 0 Å². The summed E-state index contributed by atoms with van der Waals surface area (Å²) in [5.74, 6) is 1.12. The highest BCUT2D eigenvalue weighted by Crippen LogP contribution is 2.22. The lowest BCUT2D eigenvalue weighted by atomic mass is 9.97. The zero-order chi connectivity index (χ0) is 19.4. The number of rotatable bonds is 6. The Bertz CT molecular complexity index is 906. The predicted molar refractivity (Wildman–Crippen MR) is 107 cm³/mol. The summed E-state index contributed by atoms with van der Waals surface area (Å²) in [7, 11) is 0. The first kappa shape index (κ1) is 18.9. The maximum Gasteiger partial charge on any atom is 0.289 e. The van der Waals surface area contributed by atoms with Crippen molar-refractivity contribution in [2.75, 3.05) is 6.54 Å². The van der Waals surface area contributed by atoms with E-state index >= 15 is 0 Å². The van der Waals surface area contributed by atoms with Crippen molar-refractivity contribution in [3.63, 3.8) is 0 Å². The second kappa shape index (κ2) is 8.21. The molecule has 0 fully saturated rings. The number of hydrogen-bond acceptors (Lipinski definition) is 3. The van der Waals surface area contributed by atoms with Crippen molar-refractivity contribution in [2.45, 2.75) is 40.7 Å². The van der Waals surface area contributed by atoms with Crippen LogP contribution >= 0.6 is 0 Å². The number of hydrogen-bond donors (Lipinski definition) is 0. The van der Waals surface area contributed by atoms with Gasteiger partial charge in [-0.3, -0.25) is 9.78 Å². The Morgan fingerprint density at radius 2 is 1.70 bits per heavy atom. The number of pyridine rings is 1. The van der Waals surface area contributed by atoms with Crippen LogP contribution in [0.3, 0.4) is 0 Å². The lowest BCUT2D eigenvalue weighted by molar-refractivity contribution is 0.0718. The van der Waals surface area contributed by atoms with Gasteiger partial charge in [0.05, 0.1) is 0 Å².